The van der Waals surface area contributed by atoms with E-state index in [1.807, 2.05) is 24.5 Å². The van der Waals surface area contributed by atoms with Crippen LogP contribution in [0.25, 0.3) is 11.0 Å². The normalized spacial score (nSPS) is 20.8. The molecule has 2 aromatic heterocycles. The van der Waals surface area contributed by atoms with E-state index >= 15 is 0 Å². The minimum atomic E-state index is 0.516. The predicted octanol–water partition coefficient (Wildman–Crippen LogP) is 2.05. The zero-order chi connectivity index (χ0) is 14.8. The van der Waals surface area contributed by atoms with Crippen molar-refractivity contribution in [3.05, 3.63) is 29.0 Å². The van der Waals surface area contributed by atoms with Crippen molar-refractivity contribution in [1.82, 2.24) is 19.8 Å². The van der Waals surface area contributed by atoms with Gasteiger partial charge in [-0.25, -0.2) is 0 Å². The van der Waals surface area contributed by atoms with Gasteiger partial charge in [0.2, 0.25) is 0 Å². The van der Waals surface area contributed by atoms with Crippen LogP contribution >= 0.6 is 15.9 Å². The second kappa shape index (κ2) is 6.25. The van der Waals surface area contributed by atoms with Crippen LogP contribution in [0.15, 0.2) is 29.0 Å². The molecule has 1 atom stereocenters. The van der Waals surface area contributed by atoms with Crippen LogP contribution in [0.3, 0.4) is 0 Å². The standard InChI is InChI=1S/C15H20BrN5/c1-20-5-6-21(2)12(10-20)9-18-13-3-4-17-14-7-11(16)8-19-15(13)14/h3-4,7-8,12H,5-6,9-10H2,1-2H3,(H,17,18). The highest BCUT2D eigenvalue weighted by atomic mass is 79.9. The summed E-state index contributed by atoms with van der Waals surface area (Å²) in [6.45, 7) is 4.26. The summed E-state index contributed by atoms with van der Waals surface area (Å²) in [5.41, 5.74) is 2.88. The maximum atomic E-state index is 4.48. The van der Waals surface area contributed by atoms with E-state index in [1.165, 1.54) is 0 Å². The van der Waals surface area contributed by atoms with Gasteiger partial charge in [0.15, 0.2) is 0 Å². The number of pyridine rings is 2. The second-order valence-electron chi connectivity index (χ2n) is 5.66. The molecule has 1 aliphatic heterocycles. The molecule has 2 aromatic rings. The Balaban J connectivity index is 1.76. The fourth-order valence-corrected chi connectivity index (χ4v) is 3.02. The van der Waals surface area contributed by atoms with Gasteiger partial charge in [0.1, 0.15) is 5.52 Å². The van der Waals surface area contributed by atoms with Gasteiger partial charge >= 0.3 is 0 Å². The first-order chi connectivity index (χ1) is 10.1. The third kappa shape index (κ3) is 3.33. The maximum absolute atomic E-state index is 4.48. The van der Waals surface area contributed by atoms with Gasteiger partial charge in [0, 0.05) is 49.1 Å². The highest BCUT2D eigenvalue weighted by molar-refractivity contribution is 9.10. The lowest BCUT2D eigenvalue weighted by atomic mass is 10.2. The molecular weight excluding hydrogens is 330 g/mol. The molecule has 1 aliphatic rings. The Morgan fingerprint density at radius 3 is 3.05 bits per heavy atom. The van der Waals surface area contributed by atoms with Crippen molar-refractivity contribution in [2.24, 2.45) is 0 Å². The fraction of sp³-hybridized carbons (Fsp3) is 0.467. The van der Waals surface area contributed by atoms with E-state index in [2.05, 4.69) is 55.1 Å². The Hall–Kier alpha value is -1.24. The summed E-state index contributed by atoms with van der Waals surface area (Å²) in [5.74, 6) is 0. The summed E-state index contributed by atoms with van der Waals surface area (Å²) in [6.07, 6.45) is 3.64. The van der Waals surface area contributed by atoms with E-state index < -0.39 is 0 Å². The number of hydrogen-bond acceptors (Lipinski definition) is 5. The van der Waals surface area contributed by atoms with E-state index in [0.29, 0.717) is 6.04 Å². The average Bonchev–Trinajstić information content (AvgIpc) is 2.47. The van der Waals surface area contributed by atoms with E-state index in [-0.39, 0.29) is 0 Å². The number of hydrogen-bond donors (Lipinski definition) is 1. The molecule has 0 aliphatic carbocycles. The van der Waals surface area contributed by atoms with Crippen molar-refractivity contribution < 1.29 is 0 Å². The predicted molar refractivity (Wildman–Crippen MR) is 89.6 cm³/mol. The van der Waals surface area contributed by atoms with Gasteiger partial charge in [-0.1, -0.05) is 0 Å². The highest BCUT2D eigenvalue weighted by Gasteiger charge is 2.21. The Kier molecular flexibility index (Phi) is 4.37. The molecule has 0 spiro atoms. The second-order valence-corrected chi connectivity index (χ2v) is 6.57. The summed E-state index contributed by atoms with van der Waals surface area (Å²) in [4.78, 5) is 13.7. The molecule has 1 saturated heterocycles. The third-order valence-corrected chi connectivity index (χ3v) is 4.49. The Morgan fingerprint density at radius 2 is 2.19 bits per heavy atom. The van der Waals surface area contributed by atoms with Gasteiger partial charge in [-0.3, -0.25) is 14.9 Å². The number of anilines is 1. The molecule has 0 radical (unpaired) electrons. The Bertz CT molecular complexity index is 632. The van der Waals surface area contributed by atoms with E-state index in [9.17, 15) is 0 Å². The van der Waals surface area contributed by atoms with Crippen molar-refractivity contribution >= 4 is 32.7 Å². The van der Waals surface area contributed by atoms with Gasteiger partial charge in [-0.2, -0.15) is 0 Å². The van der Waals surface area contributed by atoms with Crippen LogP contribution in [0.1, 0.15) is 0 Å². The number of nitrogens with zero attached hydrogens (tertiary/aromatic N) is 4. The largest absolute Gasteiger partial charge is 0.382 e. The summed E-state index contributed by atoms with van der Waals surface area (Å²) in [6, 6.07) is 4.51. The first-order valence-electron chi connectivity index (χ1n) is 7.16. The number of nitrogens with one attached hydrogen (secondary N) is 1. The number of rotatable bonds is 3. The number of halogens is 1. The van der Waals surface area contributed by atoms with Crippen molar-refractivity contribution in [2.75, 3.05) is 45.6 Å². The molecule has 0 amide bonds. The lowest BCUT2D eigenvalue weighted by Crippen LogP contribution is -2.52. The molecular formula is C15H20BrN5. The van der Waals surface area contributed by atoms with Gasteiger partial charge in [-0.15, -0.1) is 0 Å². The van der Waals surface area contributed by atoms with Crippen LogP contribution in [-0.2, 0) is 0 Å². The van der Waals surface area contributed by atoms with E-state index in [4.69, 9.17) is 0 Å². The topological polar surface area (TPSA) is 44.3 Å². The lowest BCUT2D eigenvalue weighted by Gasteiger charge is -2.37. The molecule has 5 nitrogen and oxygen atoms in total. The molecule has 0 saturated carbocycles. The van der Waals surface area contributed by atoms with Crippen LogP contribution in [0.2, 0.25) is 0 Å². The lowest BCUT2D eigenvalue weighted by molar-refractivity contribution is 0.122. The van der Waals surface area contributed by atoms with Gasteiger partial charge in [-0.05, 0) is 42.2 Å². The van der Waals surface area contributed by atoms with Crippen LogP contribution in [0.4, 0.5) is 5.69 Å². The van der Waals surface area contributed by atoms with Crippen molar-refractivity contribution in [3.63, 3.8) is 0 Å². The highest BCUT2D eigenvalue weighted by Crippen LogP contribution is 2.22. The molecule has 3 heterocycles. The van der Waals surface area contributed by atoms with Crippen LogP contribution in [0, 0.1) is 0 Å². The third-order valence-electron chi connectivity index (χ3n) is 4.05. The molecule has 3 rings (SSSR count). The molecule has 21 heavy (non-hydrogen) atoms. The fourth-order valence-electron chi connectivity index (χ4n) is 2.70. The number of aromatic nitrogens is 2. The summed E-state index contributed by atoms with van der Waals surface area (Å²) in [5, 5.41) is 3.54. The average molecular weight is 350 g/mol. The van der Waals surface area contributed by atoms with Crippen LogP contribution in [-0.4, -0.2) is 66.1 Å². The maximum Gasteiger partial charge on any atom is 0.112 e. The van der Waals surface area contributed by atoms with Crippen LogP contribution in [0.5, 0.6) is 0 Å². The quantitative estimate of drug-likeness (QED) is 0.918. The monoisotopic (exact) mass is 349 g/mol. The van der Waals surface area contributed by atoms with Crippen molar-refractivity contribution in [1.29, 1.82) is 0 Å². The summed E-state index contributed by atoms with van der Waals surface area (Å²) in [7, 11) is 4.38. The van der Waals surface area contributed by atoms with E-state index in [0.717, 1.165) is 47.4 Å². The van der Waals surface area contributed by atoms with Gasteiger partial charge in [0.25, 0.3) is 0 Å². The molecule has 0 aromatic carbocycles. The van der Waals surface area contributed by atoms with Crippen molar-refractivity contribution in [3.8, 4) is 0 Å². The smallest absolute Gasteiger partial charge is 0.112 e. The number of likely N-dealkylation sites (N-methyl/N-ethyl adjacent to an activating group) is 2. The van der Waals surface area contributed by atoms with Gasteiger partial charge < -0.3 is 10.2 Å². The number of piperazine rings is 1. The SMILES string of the molecule is CN1CCN(C)C(CNc2ccnc3cc(Br)cnc23)C1. The number of fused-ring (bicyclic) bond motifs is 1. The van der Waals surface area contributed by atoms with Gasteiger partial charge in [0.05, 0.1) is 11.2 Å². The molecule has 6 heteroatoms. The molecule has 1 unspecified atom stereocenters. The Morgan fingerprint density at radius 1 is 1.33 bits per heavy atom. The molecule has 0 bridgehead atoms. The minimum absolute atomic E-state index is 0.516. The molecule has 1 fully saturated rings. The first-order valence-corrected chi connectivity index (χ1v) is 7.95. The Labute approximate surface area is 133 Å². The minimum Gasteiger partial charge on any atom is -0.382 e. The summed E-state index contributed by atoms with van der Waals surface area (Å²) < 4.78 is 0.952. The first kappa shape index (κ1) is 14.7. The van der Waals surface area contributed by atoms with Crippen molar-refractivity contribution in [2.45, 2.75) is 6.04 Å². The van der Waals surface area contributed by atoms with Crippen LogP contribution < -0.4 is 5.32 Å². The zero-order valence-corrected chi connectivity index (χ0v) is 14.0. The summed E-state index contributed by atoms with van der Waals surface area (Å²) >= 11 is 3.44. The van der Waals surface area contributed by atoms with E-state index in [1.54, 1.807) is 0 Å². The zero-order valence-electron chi connectivity index (χ0n) is 12.4. The molecule has 112 valence electrons. The molecule has 1 N–H and O–H groups in total.